The topological polar surface area (TPSA) is 16.1 Å². The minimum Gasteiger partial charge on any atom is -0.300 e. The Bertz CT molecular complexity index is 611. The Morgan fingerprint density at radius 2 is 1.64 bits per heavy atom. The smallest absolute Gasteiger partial charge is 0.0279 e. The normalized spacial score (nSPS) is 25.1. The van der Waals surface area contributed by atoms with Crippen molar-refractivity contribution in [2.75, 3.05) is 13.1 Å². The first-order chi connectivity index (χ1) is 10.9. The van der Waals surface area contributed by atoms with Crippen LogP contribution in [-0.2, 0) is 0 Å². The number of pyridine rings is 1. The third-order valence-electron chi connectivity index (χ3n) is 5.05. The highest BCUT2D eigenvalue weighted by molar-refractivity contribution is 7.99. The highest BCUT2D eigenvalue weighted by atomic mass is 32.2. The molecule has 3 heteroatoms. The van der Waals surface area contributed by atoms with Crippen molar-refractivity contribution >= 4 is 11.8 Å². The van der Waals surface area contributed by atoms with Crippen LogP contribution in [0.4, 0.5) is 0 Å². The highest BCUT2D eigenvalue weighted by Gasteiger charge is 2.35. The second-order valence-corrected chi connectivity index (χ2v) is 7.50. The van der Waals surface area contributed by atoms with Gasteiger partial charge in [0.1, 0.15) is 0 Å². The van der Waals surface area contributed by atoms with Gasteiger partial charge in [0.05, 0.1) is 0 Å². The standard InChI is InChI=1S/C19H22N2S/c1-2-13-21-14-10-18(19(21)3-1)15-4-6-16(7-5-15)22-17-8-11-20-12-9-17/h4-9,11-12,18-19H,1-3,10,13-14H2. The van der Waals surface area contributed by atoms with E-state index in [0.717, 1.165) is 12.0 Å². The van der Waals surface area contributed by atoms with E-state index in [9.17, 15) is 0 Å². The van der Waals surface area contributed by atoms with Gasteiger partial charge >= 0.3 is 0 Å². The Morgan fingerprint density at radius 1 is 0.864 bits per heavy atom. The number of aromatic nitrogens is 1. The summed E-state index contributed by atoms with van der Waals surface area (Å²) in [5.74, 6) is 0.750. The summed E-state index contributed by atoms with van der Waals surface area (Å²) in [7, 11) is 0. The van der Waals surface area contributed by atoms with Gasteiger partial charge in [-0.1, -0.05) is 30.3 Å². The number of fused-ring (bicyclic) bond motifs is 1. The van der Waals surface area contributed by atoms with Gasteiger partial charge in [0, 0.05) is 34.1 Å². The molecule has 2 atom stereocenters. The summed E-state index contributed by atoms with van der Waals surface area (Å²) in [4.78, 5) is 9.36. The maximum atomic E-state index is 4.07. The van der Waals surface area contributed by atoms with Crippen molar-refractivity contribution in [2.45, 2.75) is 47.4 Å². The Balaban J connectivity index is 1.48. The van der Waals surface area contributed by atoms with Crippen LogP contribution >= 0.6 is 11.8 Å². The van der Waals surface area contributed by atoms with Crippen molar-refractivity contribution in [2.24, 2.45) is 0 Å². The average Bonchev–Trinajstić information content (AvgIpc) is 3.01. The zero-order valence-corrected chi connectivity index (χ0v) is 13.6. The maximum Gasteiger partial charge on any atom is 0.0279 e. The fourth-order valence-corrected chi connectivity index (χ4v) is 4.76. The Kier molecular flexibility index (Phi) is 4.17. The molecule has 1 aromatic carbocycles. The fraction of sp³-hybridized carbons (Fsp3) is 0.421. The first-order valence-electron chi connectivity index (χ1n) is 8.32. The van der Waals surface area contributed by atoms with Crippen molar-refractivity contribution < 1.29 is 0 Å². The van der Waals surface area contributed by atoms with Gasteiger partial charge in [0.15, 0.2) is 0 Å². The van der Waals surface area contributed by atoms with E-state index in [4.69, 9.17) is 0 Å². The zero-order valence-electron chi connectivity index (χ0n) is 12.8. The summed E-state index contributed by atoms with van der Waals surface area (Å²) < 4.78 is 0. The molecule has 1 aromatic heterocycles. The van der Waals surface area contributed by atoms with E-state index in [2.05, 4.69) is 46.3 Å². The molecule has 2 unspecified atom stereocenters. The summed E-state index contributed by atoms with van der Waals surface area (Å²) >= 11 is 1.81. The molecular weight excluding hydrogens is 288 g/mol. The molecule has 0 radical (unpaired) electrons. The Morgan fingerprint density at radius 3 is 2.45 bits per heavy atom. The predicted molar refractivity (Wildman–Crippen MR) is 91.4 cm³/mol. The van der Waals surface area contributed by atoms with Gasteiger partial charge in [-0.3, -0.25) is 9.88 Å². The lowest BCUT2D eigenvalue weighted by molar-refractivity contribution is 0.189. The van der Waals surface area contributed by atoms with Crippen molar-refractivity contribution in [3.8, 4) is 0 Å². The largest absolute Gasteiger partial charge is 0.300 e. The van der Waals surface area contributed by atoms with Crippen LogP contribution < -0.4 is 0 Å². The molecule has 4 rings (SSSR count). The number of benzene rings is 1. The summed E-state index contributed by atoms with van der Waals surface area (Å²) in [6.45, 7) is 2.61. The van der Waals surface area contributed by atoms with Gasteiger partial charge < -0.3 is 0 Å². The van der Waals surface area contributed by atoms with Crippen LogP contribution in [0.5, 0.6) is 0 Å². The van der Waals surface area contributed by atoms with E-state index in [1.165, 1.54) is 54.1 Å². The third kappa shape index (κ3) is 2.92. The van der Waals surface area contributed by atoms with Crippen LogP contribution in [0.1, 0.15) is 37.2 Å². The van der Waals surface area contributed by atoms with E-state index in [1.807, 2.05) is 24.2 Å². The van der Waals surface area contributed by atoms with Gasteiger partial charge in [0.25, 0.3) is 0 Å². The molecule has 0 aliphatic carbocycles. The van der Waals surface area contributed by atoms with Crippen molar-refractivity contribution in [3.63, 3.8) is 0 Å². The molecule has 2 aliphatic heterocycles. The van der Waals surface area contributed by atoms with Crippen LogP contribution in [0.25, 0.3) is 0 Å². The van der Waals surface area contributed by atoms with Gasteiger partial charge in [-0.2, -0.15) is 0 Å². The Hall–Kier alpha value is -1.32. The van der Waals surface area contributed by atoms with Crippen LogP contribution in [0.3, 0.4) is 0 Å². The van der Waals surface area contributed by atoms with E-state index in [-0.39, 0.29) is 0 Å². The predicted octanol–water partition coefficient (Wildman–Crippen LogP) is 4.57. The van der Waals surface area contributed by atoms with Gasteiger partial charge in [0.2, 0.25) is 0 Å². The van der Waals surface area contributed by atoms with Crippen LogP contribution in [0.15, 0.2) is 58.6 Å². The monoisotopic (exact) mass is 310 g/mol. The van der Waals surface area contributed by atoms with Gasteiger partial charge in [-0.05, 0) is 62.2 Å². The molecule has 2 nitrogen and oxygen atoms in total. The molecule has 3 heterocycles. The zero-order chi connectivity index (χ0) is 14.8. The fourth-order valence-electron chi connectivity index (χ4n) is 3.96. The van der Waals surface area contributed by atoms with Crippen molar-refractivity contribution in [1.82, 2.24) is 9.88 Å². The molecule has 114 valence electrons. The molecule has 0 bridgehead atoms. The number of nitrogens with zero attached hydrogens (tertiary/aromatic N) is 2. The quantitative estimate of drug-likeness (QED) is 0.826. The van der Waals surface area contributed by atoms with Gasteiger partial charge in [-0.15, -0.1) is 0 Å². The van der Waals surface area contributed by atoms with Crippen LogP contribution in [0, 0.1) is 0 Å². The SMILES string of the molecule is c1cc(Sc2ccc(C3CCN4CCCCC34)cc2)ccn1. The minimum absolute atomic E-state index is 0.750. The maximum absolute atomic E-state index is 4.07. The minimum atomic E-state index is 0.750. The first kappa shape index (κ1) is 14.3. The molecule has 0 amide bonds. The molecule has 22 heavy (non-hydrogen) atoms. The number of hydrogen-bond acceptors (Lipinski definition) is 3. The van der Waals surface area contributed by atoms with E-state index >= 15 is 0 Å². The summed E-state index contributed by atoms with van der Waals surface area (Å²) in [6.07, 6.45) is 9.23. The van der Waals surface area contributed by atoms with Crippen molar-refractivity contribution in [3.05, 3.63) is 54.4 Å². The summed E-state index contributed by atoms with van der Waals surface area (Å²) in [6, 6.07) is 14.2. The summed E-state index contributed by atoms with van der Waals surface area (Å²) in [5.41, 5.74) is 1.54. The number of hydrogen-bond donors (Lipinski definition) is 0. The van der Waals surface area contributed by atoms with E-state index in [1.54, 1.807) is 0 Å². The van der Waals surface area contributed by atoms with E-state index < -0.39 is 0 Å². The molecule has 0 spiro atoms. The number of rotatable bonds is 3. The molecular formula is C19H22N2S. The van der Waals surface area contributed by atoms with Gasteiger partial charge in [-0.25, -0.2) is 0 Å². The first-order valence-corrected chi connectivity index (χ1v) is 9.14. The lowest BCUT2D eigenvalue weighted by Crippen LogP contribution is -2.36. The summed E-state index contributed by atoms with van der Waals surface area (Å²) in [5, 5.41) is 0. The van der Waals surface area contributed by atoms with Crippen LogP contribution in [-0.4, -0.2) is 29.0 Å². The molecule has 2 fully saturated rings. The number of piperidine rings is 1. The second-order valence-electron chi connectivity index (χ2n) is 6.35. The average molecular weight is 310 g/mol. The second kappa shape index (κ2) is 6.43. The third-order valence-corrected chi connectivity index (χ3v) is 6.07. The molecule has 0 saturated carbocycles. The molecule has 2 saturated heterocycles. The van der Waals surface area contributed by atoms with E-state index in [0.29, 0.717) is 0 Å². The van der Waals surface area contributed by atoms with Crippen LogP contribution in [0.2, 0.25) is 0 Å². The molecule has 2 aliphatic rings. The lowest BCUT2D eigenvalue weighted by Gasteiger charge is -2.32. The molecule has 2 aromatic rings. The Labute approximate surface area is 136 Å². The highest BCUT2D eigenvalue weighted by Crippen LogP contribution is 2.39. The lowest BCUT2D eigenvalue weighted by atomic mass is 9.87. The molecule has 0 N–H and O–H groups in total. The van der Waals surface area contributed by atoms with Crippen molar-refractivity contribution in [1.29, 1.82) is 0 Å².